The summed E-state index contributed by atoms with van der Waals surface area (Å²) >= 11 is 0. The molecule has 2 heterocycles. The monoisotopic (exact) mass is 411 g/mol. The van der Waals surface area contributed by atoms with Crippen molar-refractivity contribution in [1.82, 2.24) is 4.57 Å². The normalized spacial score (nSPS) is 18.9. The Balaban J connectivity index is 1.40. The second-order valence-electron chi connectivity index (χ2n) is 8.55. The van der Waals surface area contributed by atoms with Crippen molar-refractivity contribution in [3.63, 3.8) is 0 Å². The molecule has 0 bridgehead atoms. The number of aromatic nitrogens is 1. The molecule has 32 heavy (non-hydrogen) atoms. The number of hydrogen-bond acceptors (Lipinski definition) is 1. The van der Waals surface area contributed by atoms with Crippen LogP contribution in [0.15, 0.2) is 115 Å². The van der Waals surface area contributed by atoms with Crippen molar-refractivity contribution >= 4 is 27.4 Å². The van der Waals surface area contributed by atoms with Gasteiger partial charge in [0.2, 0.25) is 0 Å². The molecule has 152 valence electrons. The topological polar surface area (TPSA) is 14.2 Å². The van der Waals surface area contributed by atoms with E-state index in [1.165, 1.54) is 44.2 Å². The van der Waals surface area contributed by atoms with Crippen LogP contribution < -0.4 is 4.74 Å². The number of para-hydroxylation sites is 3. The van der Waals surface area contributed by atoms with Gasteiger partial charge in [0.05, 0.1) is 11.0 Å². The van der Waals surface area contributed by atoms with E-state index in [9.17, 15) is 0 Å². The van der Waals surface area contributed by atoms with Gasteiger partial charge in [-0.25, -0.2) is 0 Å². The minimum absolute atomic E-state index is 0.0971. The van der Waals surface area contributed by atoms with Crippen molar-refractivity contribution < 1.29 is 4.74 Å². The van der Waals surface area contributed by atoms with Gasteiger partial charge in [-0.1, -0.05) is 72.8 Å². The van der Waals surface area contributed by atoms with Crippen LogP contribution in [0.2, 0.25) is 0 Å². The maximum atomic E-state index is 6.14. The van der Waals surface area contributed by atoms with Crippen LogP contribution in [-0.4, -0.2) is 10.7 Å². The molecule has 0 radical (unpaired) electrons. The zero-order chi connectivity index (χ0) is 21.1. The molecule has 0 saturated heterocycles. The summed E-state index contributed by atoms with van der Waals surface area (Å²) < 4.78 is 8.50. The molecule has 2 nitrogen and oxygen atoms in total. The summed E-state index contributed by atoms with van der Waals surface area (Å²) in [5.74, 6) is 1.28. The van der Waals surface area contributed by atoms with E-state index in [0.717, 1.165) is 5.75 Å². The first-order valence-electron chi connectivity index (χ1n) is 11.1. The van der Waals surface area contributed by atoms with Gasteiger partial charge in [0.1, 0.15) is 11.9 Å². The van der Waals surface area contributed by atoms with Gasteiger partial charge in [0, 0.05) is 27.9 Å². The maximum Gasteiger partial charge on any atom is 0.128 e. The summed E-state index contributed by atoms with van der Waals surface area (Å²) in [5.41, 5.74) is 7.43. The minimum Gasteiger partial charge on any atom is -0.485 e. The van der Waals surface area contributed by atoms with Gasteiger partial charge in [0.25, 0.3) is 0 Å². The quantitative estimate of drug-likeness (QED) is 0.298. The van der Waals surface area contributed by atoms with Crippen molar-refractivity contribution in [2.75, 3.05) is 0 Å². The third kappa shape index (κ3) is 2.53. The Bertz CT molecular complexity index is 1550. The molecule has 7 rings (SSSR count). The summed E-state index contributed by atoms with van der Waals surface area (Å²) in [4.78, 5) is 0. The number of ether oxygens (including phenoxy) is 1. The zero-order valence-corrected chi connectivity index (χ0v) is 17.5. The Morgan fingerprint density at radius 2 is 1.47 bits per heavy atom. The molecule has 2 aliphatic rings. The molecule has 1 aromatic heterocycles. The molecule has 5 aromatic rings. The van der Waals surface area contributed by atoms with E-state index in [-0.39, 0.29) is 12.0 Å². The van der Waals surface area contributed by atoms with Gasteiger partial charge in [-0.15, -0.1) is 0 Å². The van der Waals surface area contributed by atoms with Crippen LogP contribution in [0.25, 0.3) is 33.1 Å². The highest BCUT2D eigenvalue weighted by molar-refractivity contribution is 6.10. The lowest BCUT2D eigenvalue weighted by atomic mass is 9.87. The molecule has 1 aliphatic carbocycles. The lowest BCUT2D eigenvalue weighted by Crippen LogP contribution is -2.16. The Hall–Kier alpha value is -4.04. The molecular weight excluding hydrogens is 390 g/mol. The van der Waals surface area contributed by atoms with Crippen molar-refractivity contribution in [2.45, 2.75) is 12.0 Å². The van der Waals surface area contributed by atoms with E-state index in [0.29, 0.717) is 0 Å². The standard InChI is InChI=1S/C30H21NO/c1-2-8-22(9-3-1)31-27-12-6-4-10-23(27)25-18-20(14-16-28(25)31)21-15-17-30-26(19-21)24-11-5-7-13-29(24)32-30/h1-19,26,30H. The largest absolute Gasteiger partial charge is 0.485 e. The molecular formula is C30H21NO. The maximum absolute atomic E-state index is 6.14. The van der Waals surface area contributed by atoms with Crippen molar-refractivity contribution in [1.29, 1.82) is 0 Å². The first-order chi connectivity index (χ1) is 15.9. The molecule has 2 unspecified atom stereocenters. The molecule has 2 atom stereocenters. The average Bonchev–Trinajstić information content (AvgIpc) is 3.39. The summed E-state index contributed by atoms with van der Waals surface area (Å²) in [6, 6.07) is 34.5. The fraction of sp³-hybridized carbons (Fsp3) is 0.0667. The Morgan fingerprint density at radius 3 is 2.41 bits per heavy atom. The number of fused-ring (bicyclic) bond motifs is 6. The minimum atomic E-state index is 0.0971. The number of nitrogens with zero attached hydrogens (tertiary/aromatic N) is 1. The lowest BCUT2D eigenvalue weighted by molar-refractivity contribution is 0.269. The summed E-state index contributed by atoms with van der Waals surface area (Å²) in [6.45, 7) is 0. The smallest absolute Gasteiger partial charge is 0.128 e. The zero-order valence-electron chi connectivity index (χ0n) is 17.5. The number of benzene rings is 4. The summed E-state index contributed by atoms with van der Waals surface area (Å²) in [5, 5.41) is 2.56. The molecule has 0 saturated carbocycles. The lowest BCUT2D eigenvalue weighted by Gasteiger charge is -2.19. The fourth-order valence-electron chi connectivity index (χ4n) is 5.25. The average molecular weight is 412 g/mol. The Kier molecular flexibility index (Phi) is 3.71. The molecule has 1 aliphatic heterocycles. The van der Waals surface area contributed by atoms with E-state index >= 15 is 0 Å². The number of allylic oxidation sites excluding steroid dienone is 2. The Morgan fingerprint density at radius 1 is 0.688 bits per heavy atom. The van der Waals surface area contributed by atoms with Crippen LogP contribution in [0.5, 0.6) is 5.75 Å². The van der Waals surface area contributed by atoms with Crippen LogP contribution in [0.3, 0.4) is 0 Å². The predicted octanol–water partition coefficient (Wildman–Crippen LogP) is 7.28. The van der Waals surface area contributed by atoms with E-state index in [1.54, 1.807) is 0 Å². The third-order valence-electron chi connectivity index (χ3n) is 6.74. The van der Waals surface area contributed by atoms with Gasteiger partial charge in [-0.05, 0) is 53.6 Å². The number of rotatable bonds is 2. The second-order valence-corrected chi connectivity index (χ2v) is 8.55. The Labute approximate surface area is 186 Å². The molecule has 2 heteroatoms. The SMILES string of the molecule is C1=CC2Oc3ccccc3C2C=C1c1ccc2c(c1)c1ccccc1n2-c1ccccc1. The van der Waals surface area contributed by atoms with Gasteiger partial charge >= 0.3 is 0 Å². The van der Waals surface area contributed by atoms with Gasteiger partial charge < -0.3 is 9.30 Å². The van der Waals surface area contributed by atoms with Crippen molar-refractivity contribution in [2.24, 2.45) is 0 Å². The van der Waals surface area contributed by atoms with Crippen LogP contribution in [0, 0.1) is 0 Å². The molecule has 0 spiro atoms. The summed E-state index contributed by atoms with van der Waals surface area (Å²) in [6.07, 6.45) is 6.88. The number of hydrogen-bond donors (Lipinski definition) is 0. The molecule has 0 N–H and O–H groups in total. The van der Waals surface area contributed by atoms with E-state index in [4.69, 9.17) is 4.74 Å². The fourth-order valence-corrected chi connectivity index (χ4v) is 5.25. The molecule has 0 fully saturated rings. The van der Waals surface area contributed by atoms with Crippen LogP contribution >= 0.6 is 0 Å². The molecule has 4 aromatic carbocycles. The van der Waals surface area contributed by atoms with Crippen LogP contribution in [-0.2, 0) is 0 Å². The van der Waals surface area contributed by atoms with E-state index in [1.807, 2.05) is 6.07 Å². The van der Waals surface area contributed by atoms with Crippen LogP contribution in [0.4, 0.5) is 0 Å². The highest BCUT2D eigenvalue weighted by Gasteiger charge is 2.33. The summed E-state index contributed by atoms with van der Waals surface area (Å²) in [7, 11) is 0. The van der Waals surface area contributed by atoms with E-state index < -0.39 is 0 Å². The van der Waals surface area contributed by atoms with Crippen LogP contribution in [0.1, 0.15) is 17.0 Å². The highest BCUT2D eigenvalue weighted by Crippen LogP contribution is 2.43. The molecule has 0 amide bonds. The predicted molar refractivity (Wildman–Crippen MR) is 131 cm³/mol. The first kappa shape index (κ1) is 17.6. The van der Waals surface area contributed by atoms with Gasteiger partial charge in [-0.2, -0.15) is 0 Å². The second kappa shape index (κ2) is 6.73. The highest BCUT2D eigenvalue weighted by atomic mass is 16.5. The van der Waals surface area contributed by atoms with Gasteiger partial charge in [0.15, 0.2) is 0 Å². The van der Waals surface area contributed by atoms with E-state index in [2.05, 4.69) is 114 Å². The van der Waals surface area contributed by atoms with Crippen molar-refractivity contribution in [3.05, 3.63) is 126 Å². The third-order valence-corrected chi connectivity index (χ3v) is 6.74. The van der Waals surface area contributed by atoms with Gasteiger partial charge in [-0.3, -0.25) is 0 Å². The van der Waals surface area contributed by atoms with Crippen molar-refractivity contribution in [3.8, 4) is 11.4 Å². The first-order valence-corrected chi connectivity index (χ1v) is 11.1.